The van der Waals surface area contributed by atoms with Crippen molar-refractivity contribution in [2.75, 3.05) is 6.54 Å². The third-order valence-electron chi connectivity index (χ3n) is 4.47. The topological polar surface area (TPSA) is 81.7 Å². The Hall–Kier alpha value is -2.89. The molecule has 0 saturated carbocycles. The second-order valence-corrected chi connectivity index (χ2v) is 8.52. The van der Waals surface area contributed by atoms with Gasteiger partial charge in [0.25, 0.3) is 0 Å². The van der Waals surface area contributed by atoms with Crippen LogP contribution in [0.3, 0.4) is 0 Å². The van der Waals surface area contributed by atoms with Crippen LogP contribution in [0.2, 0.25) is 0 Å². The first-order chi connectivity index (χ1) is 14.6. The van der Waals surface area contributed by atoms with Crippen LogP contribution in [-0.2, 0) is 23.9 Å². The lowest BCUT2D eigenvalue weighted by molar-refractivity contribution is -0.157. The maximum absolute atomic E-state index is 12.8. The number of ether oxygens (including phenoxy) is 2. The molecule has 0 radical (unpaired) electrons. The van der Waals surface area contributed by atoms with Crippen molar-refractivity contribution >= 4 is 17.8 Å². The Morgan fingerprint density at radius 1 is 1.06 bits per heavy atom. The van der Waals surface area contributed by atoms with Crippen molar-refractivity contribution in [1.82, 2.24) is 5.32 Å². The number of nitrogens with one attached hydrogen (secondary N) is 1. The number of allylic oxidation sites excluding steroid dienone is 2. The molecule has 170 valence electrons. The zero-order valence-corrected chi connectivity index (χ0v) is 19.1. The standard InChI is InChI=1S/C25H35NO5/c1-7-12-18(3)24(29)30-21(19-14-10-9-11-15-19)17-26-23(28)20(13-8-2)16-22(27)31-25(4,5)6/h7-11,14-15,18,20-21H,1-2,12-13,16-17H2,3-6H3,(H,26,28)/t18-,20?,21+/m0/s1. The van der Waals surface area contributed by atoms with Crippen LogP contribution in [0.5, 0.6) is 0 Å². The molecule has 0 aromatic heterocycles. The second-order valence-electron chi connectivity index (χ2n) is 8.52. The molecule has 0 aliphatic carbocycles. The smallest absolute Gasteiger partial charge is 0.309 e. The molecule has 6 nitrogen and oxygen atoms in total. The van der Waals surface area contributed by atoms with Gasteiger partial charge in [0.05, 0.1) is 24.8 Å². The van der Waals surface area contributed by atoms with Gasteiger partial charge in [-0.25, -0.2) is 0 Å². The van der Waals surface area contributed by atoms with Crippen LogP contribution >= 0.6 is 0 Å². The molecule has 0 saturated heterocycles. The fourth-order valence-electron chi connectivity index (χ4n) is 2.90. The van der Waals surface area contributed by atoms with Crippen molar-refractivity contribution in [3.05, 3.63) is 61.2 Å². The summed E-state index contributed by atoms with van der Waals surface area (Å²) in [5.41, 5.74) is 0.149. The molecule has 0 aliphatic heterocycles. The third-order valence-corrected chi connectivity index (χ3v) is 4.47. The summed E-state index contributed by atoms with van der Waals surface area (Å²) in [6, 6.07) is 9.22. The van der Waals surface area contributed by atoms with E-state index in [-0.39, 0.29) is 30.8 Å². The average Bonchev–Trinajstić information content (AvgIpc) is 2.69. The highest BCUT2D eigenvalue weighted by Crippen LogP contribution is 2.20. The Labute approximate surface area is 185 Å². The van der Waals surface area contributed by atoms with Crippen LogP contribution in [0.25, 0.3) is 0 Å². The predicted molar refractivity (Wildman–Crippen MR) is 121 cm³/mol. The van der Waals surface area contributed by atoms with Gasteiger partial charge in [-0.15, -0.1) is 13.2 Å². The fourth-order valence-corrected chi connectivity index (χ4v) is 2.90. The van der Waals surface area contributed by atoms with Gasteiger partial charge in [0, 0.05) is 0 Å². The van der Waals surface area contributed by atoms with Crippen molar-refractivity contribution in [3.63, 3.8) is 0 Å². The summed E-state index contributed by atoms with van der Waals surface area (Å²) in [4.78, 5) is 37.4. The number of carbonyl (C=O) groups excluding carboxylic acids is 3. The number of esters is 2. The first-order valence-corrected chi connectivity index (χ1v) is 10.5. The number of amides is 1. The molecule has 0 aliphatic rings. The van der Waals surface area contributed by atoms with Gasteiger partial charge < -0.3 is 14.8 Å². The number of hydrogen-bond acceptors (Lipinski definition) is 5. The highest BCUT2D eigenvalue weighted by molar-refractivity contribution is 5.84. The number of rotatable bonds is 12. The van der Waals surface area contributed by atoms with Crippen molar-refractivity contribution in [1.29, 1.82) is 0 Å². The minimum Gasteiger partial charge on any atom is -0.460 e. The largest absolute Gasteiger partial charge is 0.460 e. The molecular weight excluding hydrogens is 394 g/mol. The van der Waals surface area contributed by atoms with Crippen LogP contribution in [0, 0.1) is 11.8 Å². The first kappa shape index (κ1) is 26.1. The van der Waals surface area contributed by atoms with E-state index >= 15 is 0 Å². The Morgan fingerprint density at radius 2 is 1.68 bits per heavy atom. The maximum Gasteiger partial charge on any atom is 0.309 e. The SMILES string of the molecule is C=CCC(CC(=O)OC(C)(C)C)C(=O)NC[C@@H](OC(=O)[C@@H](C)CC=C)c1ccccc1. The van der Waals surface area contributed by atoms with Gasteiger partial charge >= 0.3 is 11.9 Å². The normalized spacial score (nSPS) is 13.9. The van der Waals surface area contributed by atoms with Gasteiger partial charge in [0.2, 0.25) is 5.91 Å². The molecule has 1 aromatic carbocycles. The van der Waals surface area contributed by atoms with Crippen LogP contribution in [0.15, 0.2) is 55.6 Å². The predicted octanol–water partition coefficient (Wildman–Crippen LogP) is 4.52. The van der Waals surface area contributed by atoms with Crippen molar-refractivity contribution in [2.45, 2.75) is 58.7 Å². The zero-order chi connectivity index (χ0) is 23.4. The summed E-state index contributed by atoms with van der Waals surface area (Å²) >= 11 is 0. The summed E-state index contributed by atoms with van der Waals surface area (Å²) in [6.45, 7) is 14.5. The van der Waals surface area contributed by atoms with Gasteiger partial charge in [-0.2, -0.15) is 0 Å². The Balaban J connectivity index is 2.84. The van der Waals surface area contributed by atoms with Gasteiger partial charge in [-0.1, -0.05) is 49.4 Å². The molecule has 0 fully saturated rings. The Kier molecular flexibility index (Phi) is 10.7. The molecule has 1 aromatic rings. The zero-order valence-electron chi connectivity index (χ0n) is 19.1. The van der Waals surface area contributed by atoms with Crippen molar-refractivity contribution < 1.29 is 23.9 Å². The molecule has 0 spiro atoms. The Bertz CT molecular complexity index is 751. The minimum absolute atomic E-state index is 0.0543. The third kappa shape index (κ3) is 10.1. The van der Waals surface area contributed by atoms with Crippen LogP contribution in [0.1, 0.15) is 58.6 Å². The summed E-state index contributed by atoms with van der Waals surface area (Å²) in [7, 11) is 0. The number of hydrogen-bond donors (Lipinski definition) is 1. The van der Waals surface area contributed by atoms with Gasteiger partial charge in [-0.3, -0.25) is 14.4 Å². The molecular formula is C25H35NO5. The number of carbonyl (C=O) groups is 3. The molecule has 3 atom stereocenters. The quantitative estimate of drug-likeness (QED) is 0.390. The van der Waals surface area contributed by atoms with E-state index in [0.29, 0.717) is 12.8 Å². The highest BCUT2D eigenvalue weighted by atomic mass is 16.6. The summed E-state index contributed by atoms with van der Waals surface area (Å²) in [5.74, 6) is -2.07. The Morgan fingerprint density at radius 3 is 2.23 bits per heavy atom. The molecule has 1 N–H and O–H groups in total. The summed E-state index contributed by atoms with van der Waals surface area (Å²) in [6.07, 6.45) is 3.40. The molecule has 1 unspecified atom stereocenters. The van der Waals surface area contributed by atoms with E-state index in [9.17, 15) is 14.4 Å². The van der Waals surface area contributed by atoms with Crippen LogP contribution < -0.4 is 5.32 Å². The molecule has 1 rings (SSSR count). The lowest BCUT2D eigenvalue weighted by atomic mass is 9.99. The fraction of sp³-hybridized carbons (Fsp3) is 0.480. The molecule has 0 bridgehead atoms. The van der Waals surface area contributed by atoms with E-state index in [2.05, 4.69) is 18.5 Å². The summed E-state index contributed by atoms with van der Waals surface area (Å²) in [5, 5.41) is 2.82. The molecule has 1 amide bonds. The average molecular weight is 430 g/mol. The van der Waals surface area contributed by atoms with E-state index < -0.39 is 23.6 Å². The van der Waals surface area contributed by atoms with Gasteiger partial charge in [-0.05, 0) is 39.2 Å². The molecule has 31 heavy (non-hydrogen) atoms. The van der Waals surface area contributed by atoms with E-state index in [0.717, 1.165) is 5.56 Å². The summed E-state index contributed by atoms with van der Waals surface area (Å²) < 4.78 is 11.0. The van der Waals surface area contributed by atoms with Gasteiger partial charge in [0.1, 0.15) is 11.7 Å². The maximum atomic E-state index is 12.8. The van der Waals surface area contributed by atoms with Gasteiger partial charge in [0.15, 0.2) is 0 Å². The first-order valence-electron chi connectivity index (χ1n) is 10.5. The van der Waals surface area contributed by atoms with E-state index in [1.807, 2.05) is 30.3 Å². The molecule has 0 heterocycles. The lowest BCUT2D eigenvalue weighted by Gasteiger charge is -2.23. The van der Waals surface area contributed by atoms with Crippen molar-refractivity contribution in [3.8, 4) is 0 Å². The van der Waals surface area contributed by atoms with Crippen LogP contribution in [-0.4, -0.2) is 30.0 Å². The highest BCUT2D eigenvalue weighted by Gasteiger charge is 2.26. The van der Waals surface area contributed by atoms with E-state index in [1.54, 1.807) is 39.8 Å². The van der Waals surface area contributed by atoms with E-state index in [1.165, 1.54) is 0 Å². The van der Waals surface area contributed by atoms with Crippen LogP contribution in [0.4, 0.5) is 0 Å². The van der Waals surface area contributed by atoms with Crippen molar-refractivity contribution in [2.24, 2.45) is 11.8 Å². The van der Waals surface area contributed by atoms with E-state index in [4.69, 9.17) is 9.47 Å². The lowest BCUT2D eigenvalue weighted by Crippen LogP contribution is -2.37. The monoisotopic (exact) mass is 429 g/mol. The molecule has 6 heteroatoms. The second kappa shape index (κ2) is 12.7. The minimum atomic E-state index is -0.643. The number of benzene rings is 1.